The molecule has 0 spiro atoms. The zero-order valence-electron chi connectivity index (χ0n) is 18.3. The molecule has 2 aromatic heterocycles. The number of carboxylic acids is 1. The van der Waals surface area contributed by atoms with Gasteiger partial charge in [-0.2, -0.15) is 26.3 Å². The Kier molecular flexibility index (Phi) is 6.29. The summed E-state index contributed by atoms with van der Waals surface area (Å²) in [4.78, 5) is 23.9. The van der Waals surface area contributed by atoms with Crippen molar-refractivity contribution in [3.8, 4) is 11.3 Å². The molecule has 2 N–H and O–H groups in total. The molecule has 0 aliphatic carbocycles. The van der Waals surface area contributed by atoms with Gasteiger partial charge in [0.2, 0.25) is 0 Å². The Hall–Kier alpha value is -4.22. The predicted molar refractivity (Wildman–Crippen MR) is 119 cm³/mol. The molecule has 36 heavy (non-hydrogen) atoms. The predicted octanol–water partition coefficient (Wildman–Crippen LogP) is 6.66. The summed E-state index contributed by atoms with van der Waals surface area (Å²) in [5.74, 6) is -2.48. The highest BCUT2D eigenvalue weighted by Gasteiger charge is 2.34. The SMILES string of the molecule is CC(C(=O)O)c1nc(Nc2ccc(C(F)(F)F)cc2)c2ccc(-c3ncccc3C(F)(F)F)cc2n1. The van der Waals surface area contributed by atoms with Gasteiger partial charge in [-0.25, -0.2) is 9.97 Å². The number of anilines is 2. The van der Waals surface area contributed by atoms with Gasteiger partial charge in [0.1, 0.15) is 17.6 Å². The van der Waals surface area contributed by atoms with E-state index in [4.69, 9.17) is 0 Å². The summed E-state index contributed by atoms with van der Waals surface area (Å²) in [5, 5.41) is 12.6. The van der Waals surface area contributed by atoms with Gasteiger partial charge in [0, 0.05) is 22.8 Å². The molecule has 1 atom stereocenters. The van der Waals surface area contributed by atoms with E-state index in [-0.39, 0.29) is 34.1 Å². The monoisotopic (exact) mass is 506 g/mol. The molecule has 0 fully saturated rings. The molecule has 0 aliphatic rings. The van der Waals surface area contributed by atoms with E-state index in [0.29, 0.717) is 5.39 Å². The largest absolute Gasteiger partial charge is 0.481 e. The van der Waals surface area contributed by atoms with Gasteiger partial charge in [-0.15, -0.1) is 0 Å². The van der Waals surface area contributed by atoms with Crippen LogP contribution in [0.25, 0.3) is 22.2 Å². The standard InChI is InChI=1S/C24H16F6N4O2/c1-12(22(35)36)20-33-18-11-13(19-17(24(28,29)30)3-2-10-31-19)4-9-16(18)21(34-20)32-15-7-5-14(6-8-15)23(25,26)27/h2-12H,1H3,(H,35,36)(H,32,33,34). The number of nitrogens with one attached hydrogen (secondary N) is 1. The maximum absolute atomic E-state index is 13.5. The Labute approximate surface area is 199 Å². The highest BCUT2D eigenvalue weighted by atomic mass is 19.4. The van der Waals surface area contributed by atoms with Crippen molar-refractivity contribution in [1.29, 1.82) is 0 Å². The molecular formula is C24H16F6N4O2. The van der Waals surface area contributed by atoms with Crippen molar-refractivity contribution in [3.63, 3.8) is 0 Å². The van der Waals surface area contributed by atoms with Crippen LogP contribution >= 0.6 is 0 Å². The first-order valence-electron chi connectivity index (χ1n) is 10.4. The van der Waals surface area contributed by atoms with Gasteiger partial charge in [0.15, 0.2) is 0 Å². The summed E-state index contributed by atoms with van der Waals surface area (Å²) in [6.45, 7) is 1.33. The number of alkyl halides is 6. The minimum Gasteiger partial charge on any atom is -0.481 e. The van der Waals surface area contributed by atoms with Crippen LogP contribution in [-0.2, 0) is 17.1 Å². The van der Waals surface area contributed by atoms with Crippen molar-refractivity contribution in [2.45, 2.75) is 25.2 Å². The number of hydrogen-bond donors (Lipinski definition) is 2. The molecule has 6 nitrogen and oxygen atoms in total. The van der Waals surface area contributed by atoms with Crippen LogP contribution in [-0.4, -0.2) is 26.0 Å². The van der Waals surface area contributed by atoms with Crippen LogP contribution in [0.3, 0.4) is 0 Å². The van der Waals surface area contributed by atoms with Crippen LogP contribution in [0.4, 0.5) is 37.8 Å². The van der Waals surface area contributed by atoms with E-state index in [2.05, 4.69) is 20.3 Å². The molecule has 4 rings (SSSR count). The topological polar surface area (TPSA) is 88.0 Å². The summed E-state index contributed by atoms with van der Waals surface area (Å²) < 4.78 is 79.2. The summed E-state index contributed by atoms with van der Waals surface area (Å²) in [6, 6.07) is 10.3. The average molecular weight is 506 g/mol. The van der Waals surface area contributed by atoms with Crippen molar-refractivity contribution in [2.24, 2.45) is 0 Å². The van der Waals surface area contributed by atoms with Crippen LogP contribution in [0, 0.1) is 0 Å². The summed E-state index contributed by atoms with van der Waals surface area (Å²) in [5.41, 5.74) is -1.72. The van der Waals surface area contributed by atoms with Crippen molar-refractivity contribution in [3.05, 3.63) is 77.7 Å². The van der Waals surface area contributed by atoms with Crippen LogP contribution in [0.5, 0.6) is 0 Å². The average Bonchev–Trinajstić information content (AvgIpc) is 2.82. The molecule has 2 aromatic carbocycles. The normalized spacial score (nSPS) is 13.0. The number of halogens is 6. The van der Waals surface area contributed by atoms with Gasteiger partial charge < -0.3 is 10.4 Å². The molecule has 4 aromatic rings. The Morgan fingerprint density at radius 3 is 2.25 bits per heavy atom. The molecular weight excluding hydrogens is 490 g/mol. The number of aromatic nitrogens is 3. The first-order valence-corrected chi connectivity index (χ1v) is 10.4. The maximum Gasteiger partial charge on any atom is 0.418 e. The van der Waals surface area contributed by atoms with Gasteiger partial charge in [0.25, 0.3) is 0 Å². The number of nitrogens with zero attached hydrogens (tertiary/aromatic N) is 3. The third-order valence-corrected chi connectivity index (χ3v) is 5.33. The number of rotatable bonds is 5. The lowest BCUT2D eigenvalue weighted by molar-refractivity contribution is -0.139. The van der Waals surface area contributed by atoms with Crippen molar-refractivity contribution >= 4 is 28.4 Å². The molecule has 0 aliphatic heterocycles. The maximum atomic E-state index is 13.5. The van der Waals surface area contributed by atoms with Crippen LogP contribution in [0.2, 0.25) is 0 Å². The highest BCUT2D eigenvalue weighted by molar-refractivity contribution is 5.94. The lowest BCUT2D eigenvalue weighted by Crippen LogP contribution is -2.13. The molecule has 186 valence electrons. The van der Waals surface area contributed by atoms with Crippen molar-refractivity contribution in [1.82, 2.24) is 15.0 Å². The molecule has 2 heterocycles. The second kappa shape index (κ2) is 9.10. The van der Waals surface area contributed by atoms with Gasteiger partial charge in [-0.05, 0) is 55.5 Å². The molecule has 1 unspecified atom stereocenters. The number of aliphatic carboxylic acids is 1. The number of pyridine rings is 1. The first kappa shape index (κ1) is 24.9. The Morgan fingerprint density at radius 2 is 1.64 bits per heavy atom. The van der Waals surface area contributed by atoms with E-state index < -0.39 is 35.4 Å². The Morgan fingerprint density at radius 1 is 0.944 bits per heavy atom. The molecule has 0 amide bonds. The van der Waals surface area contributed by atoms with Crippen LogP contribution in [0.15, 0.2) is 60.8 Å². The zero-order chi connectivity index (χ0) is 26.3. The smallest absolute Gasteiger partial charge is 0.418 e. The fourth-order valence-corrected chi connectivity index (χ4v) is 3.44. The molecule has 0 saturated heterocycles. The first-order chi connectivity index (χ1) is 16.8. The second-order valence-electron chi connectivity index (χ2n) is 7.82. The number of fused-ring (bicyclic) bond motifs is 1. The fraction of sp³-hybridized carbons (Fsp3) is 0.167. The molecule has 0 bridgehead atoms. The third-order valence-electron chi connectivity index (χ3n) is 5.33. The minimum atomic E-state index is -4.66. The molecule has 12 heteroatoms. The van der Waals surface area contributed by atoms with E-state index in [1.54, 1.807) is 0 Å². The zero-order valence-corrected chi connectivity index (χ0v) is 18.3. The third kappa shape index (κ3) is 5.07. The highest BCUT2D eigenvalue weighted by Crippen LogP contribution is 2.37. The van der Waals surface area contributed by atoms with E-state index in [1.807, 2.05) is 0 Å². The minimum absolute atomic E-state index is 0.0754. The van der Waals surface area contributed by atoms with Gasteiger partial charge in [-0.3, -0.25) is 9.78 Å². The second-order valence-corrected chi connectivity index (χ2v) is 7.82. The number of hydrogen-bond acceptors (Lipinski definition) is 5. The number of benzene rings is 2. The van der Waals surface area contributed by atoms with Crippen LogP contribution < -0.4 is 5.32 Å². The van der Waals surface area contributed by atoms with Crippen LogP contribution in [0.1, 0.15) is 29.8 Å². The number of carboxylic acid groups (broad SMARTS) is 1. The Bertz CT molecular complexity index is 1440. The van der Waals surface area contributed by atoms with E-state index in [9.17, 15) is 36.2 Å². The Balaban J connectivity index is 1.84. The van der Waals surface area contributed by atoms with Gasteiger partial charge in [-0.1, -0.05) is 6.07 Å². The quantitative estimate of drug-likeness (QED) is 0.294. The number of carbonyl (C=O) groups is 1. The van der Waals surface area contributed by atoms with Crippen molar-refractivity contribution < 1.29 is 36.2 Å². The van der Waals surface area contributed by atoms with E-state index in [1.165, 1.54) is 43.5 Å². The fourth-order valence-electron chi connectivity index (χ4n) is 3.44. The lowest BCUT2D eigenvalue weighted by atomic mass is 10.0. The summed E-state index contributed by atoms with van der Waals surface area (Å²) >= 11 is 0. The summed E-state index contributed by atoms with van der Waals surface area (Å²) in [7, 11) is 0. The lowest BCUT2D eigenvalue weighted by Gasteiger charge is -2.15. The van der Waals surface area contributed by atoms with Crippen molar-refractivity contribution in [2.75, 3.05) is 5.32 Å². The molecule has 0 saturated carbocycles. The van der Waals surface area contributed by atoms with Gasteiger partial charge in [0.05, 0.1) is 22.3 Å². The van der Waals surface area contributed by atoms with E-state index >= 15 is 0 Å². The van der Waals surface area contributed by atoms with E-state index in [0.717, 1.165) is 24.3 Å². The molecule has 0 radical (unpaired) electrons. The summed E-state index contributed by atoms with van der Waals surface area (Å²) in [6.07, 6.45) is -7.98. The van der Waals surface area contributed by atoms with Gasteiger partial charge >= 0.3 is 18.3 Å².